The van der Waals surface area contributed by atoms with E-state index >= 15 is 0 Å². The van der Waals surface area contributed by atoms with Crippen LogP contribution in [0.2, 0.25) is 0 Å². The lowest BCUT2D eigenvalue weighted by molar-refractivity contribution is 0.258. The zero-order valence-electron chi connectivity index (χ0n) is 10.2. The van der Waals surface area contributed by atoms with Crippen LogP contribution in [0.3, 0.4) is 0 Å². The molecule has 1 aromatic heterocycles. The van der Waals surface area contributed by atoms with Crippen molar-refractivity contribution in [1.82, 2.24) is 14.8 Å². The van der Waals surface area contributed by atoms with Crippen molar-refractivity contribution in [1.29, 1.82) is 0 Å². The summed E-state index contributed by atoms with van der Waals surface area (Å²) in [7, 11) is 0. The highest BCUT2D eigenvalue weighted by Crippen LogP contribution is 2.08. The SMILES string of the molecule is ClCCN1CCCN(Cc2cccnc2)CC1. The summed E-state index contributed by atoms with van der Waals surface area (Å²) in [5, 5.41) is 0. The minimum atomic E-state index is 0.739. The molecule has 1 aromatic rings. The van der Waals surface area contributed by atoms with E-state index in [0.29, 0.717) is 0 Å². The van der Waals surface area contributed by atoms with Gasteiger partial charge in [-0.15, -0.1) is 11.6 Å². The molecule has 2 heterocycles. The monoisotopic (exact) mass is 253 g/mol. The number of rotatable bonds is 4. The van der Waals surface area contributed by atoms with Gasteiger partial charge in [0.25, 0.3) is 0 Å². The topological polar surface area (TPSA) is 19.4 Å². The normalized spacial score (nSPS) is 19.1. The maximum Gasteiger partial charge on any atom is 0.0351 e. The fraction of sp³-hybridized carbons (Fsp3) is 0.615. The van der Waals surface area contributed by atoms with Crippen LogP contribution < -0.4 is 0 Å². The van der Waals surface area contributed by atoms with Crippen molar-refractivity contribution in [2.75, 3.05) is 38.6 Å². The summed E-state index contributed by atoms with van der Waals surface area (Å²) in [6.45, 7) is 6.65. The Morgan fingerprint density at radius 2 is 2.00 bits per heavy atom. The molecule has 1 aliphatic rings. The van der Waals surface area contributed by atoms with Crippen molar-refractivity contribution < 1.29 is 0 Å². The predicted octanol–water partition coefficient (Wildman–Crippen LogP) is 1.83. The van der Waals surface area contributed by atoms with Crippen LogP contribution in [-0.4, -0.2) is 53.4 Å². The van der Waals surface area contributed by atoms with E-state index in [2.05, 4.69) is 20.9 Å². The van der Waals surface area contributed by atoms with Crippen molar-refractivity contribution in [2.45, 2.75) is 13.0 Å². The molecule has 17 heavy (non-hydrogen) atoms. The lowest BCUT2D eigenvalue weighted by atomic mass is 10.2. The first-order valence-corrected chi connectivity index (χ1v) is 6.81. The van der Waals surface area contributed by atoms with E-state index in [-0.39, 0.29) is 0 Å². The number of nitrogens with zero attached hydrogens (tertiary/aromatic N) is 3. The van der Waals surface area contributed by atoms with Crippen LogP contribution in [0.4, 0.5) is 0 Å². The minimum absolute atomic E-state index is 0.739. The maximum atomic E-state index is 5.79. The van der Waals surface area contributed by atoms with Gasteiger partial charge in [-0.3, -0.25) is 9.88 Å². The van der Waals surface area contributed by atoms with Gasteiger partial charge < -0.3 is 4.90 Å². The molecule has 94 valence electrons. The number of hydrogen-bond acceptors (Lipinski definition) is 3. The van der Waals surface area contributed by atoms with Gasteiger partial charge in [0, 0.05) is 44.5 Å². The average Bonchev–Trinajstić information content (AvgIpc) is 2.57. The van der Waals surface area contributed by atoms with Gasteiger partial charge in [0.1, 0.15) is 0 Å². The van der Waals surface area contributed by atoms with E-state index in [4.69, 9.17) is 11.6 Å². The zero-order chi connectivity index (χ0) is 11.9. The average molecular weight is 254 g/mol. The molecule has 0 saturated carbocycles. The Labute approximate surface area is 108 Å². The maximum absolute atomic E-state index is 5.79. The Hall–Kier alpha value is -0.640. The summed E-state index contributed by atoms with van der Waals surface area (Å²) in [5.74, 6) is 0.739. The highest BCUT2D eigenvalue weighted by Gasteiger charge is 2.14. The summed E-state index contributed by atoms with van der Waals surface area (Å²) in [4.78, 5) is 9.12. The molecule has 0 N–H and O–H groups in total. The molecule has 1 aliphatic heterocycles. The van der Waals surface area contributed by atoms with Gasteiger partial charge in [0.05, 0.1) is 0 Å². The van der Waals surface area contributed by atoms with E-state index in [9.17, 15) is 0 Å². The van der Waals surface area contributed by atoms with Gasteiger partial charge in [0.2, 0.25) is 0 Å². The van der Waals surface area contributed by atoms with Gasteiger partial charge in [-0.2, -0.15) is 0 Å². The van der Waals surface area contributed by atoms with E-state index in [1.165, 1.54) is 25.1 Å². The molecule has 3 nitrogen and oxygen atoms in total. The number of aromatic nitrogens is 1. The van der Waals surface area contributed by atoms with Crippen molar-refractivity contribution in [3.8, 4) is 0 Å². The number of pyridine rings is 1. The van der Waals surface area contributed by atoms with E-state index in [1.807, 2.05) is 18.5 Å². The van der Waals surface area contributed by atoms with Gasteiger partial charge in [-0.05, 0) is 31.1 Å². The quantitative estimate of drug-likeness (QED) is 0.764. The summed E-state index contributed by atoms with van der Waals surface area (Å²) in [6, 6.07) is 4.15. The molecule has 1 saturated heterocycles. The molecule has 4 heteroatoms. The van der Waals surface area contributed by atoms with Crippen LogP contribution in [0, 0.1) is 0 Å². The first-order chi connectivity index (χ1) is 8.38. The number of alkyl halides is 1. The van der Waals surface area contributed by atoms with Crippen LogP contribution in [-0.2, 0) is 6.54 Å². The smallest absolute Gasteiger partial charge is 0.0351 e. The second-order valence-corrected chi connectivity index (χ2v) is 4.90. The van der Waals surface area contributed by atoms with Crippen LogP contribution in [0.1, 0.15) is 12.0 Å². The predicted molar refractivity (Wildman–Crippen MR) is 71.3 cm³/mol. The summed E-state index contributed by atoms with van der Waals surface area (Å²) >= 11 is 5.79. The van der Waals surface area contributed by atoms with E-state index < -0.39 is 0 Å². The Kier molecular flexibility index (Phi) is 5.23. The summed E-state index contributed by atoms with van der Waals surface area (Å²) < 4.78 is 0. The Morgan fingerprint density at radius 3 is 2.76 bits per heavy atom. The summed E-state index contributed by atoms with van der Waals surface area (Å²) in [5.41, 5.74) is 1.30. The fourth-order valence-corrected chi connectivity index (χ4v) is 2.51. The lowest BCUT2D eigenvalue weighted by Gasteiger charge is -2.21. The largest absolute Gasteiger partial charge is 0.301 e. The highest BCUT2D eigenvalue weighted by molar-refractivity contribution is 6.18. The van der Waals surface area contributed by atoms with Crippen LogP contribution >= 0.6 is 11.6 Å². The zero-order valence-corrected chi connectivity index (χ0v) is 10.9. The first-order valence-electron chi connectivity index (χ1n) is 6.28. The minimum Gasteiger partial charge on any atom is -0.301 e. The van der Waals surface area contributed by atoms with Gasteiger partial charge in [-0.25, -0.2) is 0 Å². The van der Waals surface area contributed by atoms with Crippen LogP contribution in [0.25, 0.3) is 0 Å². The molecule has 0 spiro atoms. The Morgan fingerprint density at radius 1 is 1.18 bits per heavy atom. The van der Waals surface area contributed by atoms with Gasteiger partial charge in [0.15, 0.2) is 0 Å². The molecule has 1 fully saturated rings. The molecule has 0 aromatic carbocycles. The lowest BCUT2D eigenvalue weighted by Crippen LogP contribution is -2.31. The molecule has 0 atom stereocenters. The Bertz CT molecular complexity index is 318. The molecular weight excluding hydrogens is 234 g/mol. The number of halogens is 1. The summed E-state index contributed by atoms with van der Waals surface area (Å²) in [6.07, 6.45) is 5.02. The third kappa shape index (κ3) is 4.26. The van der Waals surface area contributed by atoms with Gasteiger partial charge >= 0.3 is 0 Å². The van der Waals surface area contributed by atoms with Crippen molar-refractivity contribution >= 4 is 11.6 Å². The molecule has 0 radical (unpaired) electrons. The second-order valence-electron chi connectivity index (χ2n) is 4.52. The third-order valence-electron chi connectivity index (χ3n) is 3.21. The highest BCUT2D eigenvalue weighted by atomic mass is 35.5. The fourth-order valence-electron chi connectivity index (χ4n) is 2.28. The van der Waals surface area contributed by atoms with E-state index in [1.54, 1.807) is 0 Å². The third-order valence-corrected chi connectivity index (χ3v) is 3.38. The van der Waals surface area contributed by atoms with Crippen LogP contribution in [0.15, 0.2) is 24.5 Å². The molecule has 0 aliphatic carbocycles. The molecule has 0 amide bonds. The van der Waals surface area contributed by atoms with E-state index in [0.717, 1.165) is 32.1 Å². The standard InChI is InChI=1S/C13H20ClN3/c14-4-8-16-6-2-7-17(10-9-16)12-13-3-1-5-15-11-13/h1,3,5,11H,2,4,6-10,12H2. The molecular formula is C13H20ClN3. The van der Waals surface area contributed by atoms with Crippen molar-refractivity contribution in [3.05, 3.63) is 30.1 Å². The van der Waals surface area contributed by atoms with Crippen LogP contribution in [0.5, 0.6) is 0 Å². The second kappa shape index (κ2) is 6.94. The van der Waals surface area contributed by atoms with Gasteiger partial charge in [-0.1, -0.05) is 6.07 Å². The molecule has 2 rings (SSSR count). The Balaban J connectivity index is 1.83. The number of hydrogen-bond donors (Lipinski definition) is 0. The van der Waals surface area contributed by atoms with Crippen molar-refractivity contribution in [3.63, 3.8) is 0 Å². The molecule has 0 bridgehead atoms. The van der Waals surface area contributed by atoms with Crippen molar-refractivity contribution in [2.24, 2.45) is 0 Å². The first kappa shape index (κ1) is 12.8. The molecule has 0 unspecified atom stereocenters.